The molecule has 2 aromatic carbocycles. The van der Waals surface area contributed by atoms with Crippen LogP contribution >= 0.6 is 46.5 Å². The Morgan fingerprint density at radius 2 is 1.91 bits per heavy atom. The summed E-state index contributed by atoms with van der Waals surface area (Å²) in [5, 5.41) is 4.61. The molecule has 4 rings (SSSR count). The van der Waals surface area contributed by atoms with Crippen molar-refractivity contribution in [3.8, 4) is 0 Å². The van der Waals surface area contributed by atoms with Crippen LogP contribution in [0.5, 0.6) is 0 Å². The number of thioether (sulfide) groups is 1. The maximum Gasteiger partial charge on any atom is 0.277 e. The number of carbonyl (C=O) groups is 1. The van der Waals surface area contributed by atoms with Crippen molar-refractivity contribution in [1.29, 1.82) is 0 Å². The van der Waals surface area contributed by atoms with Crippen molar-refractivity contribution >= 4 is 57.5 Å². The zero-order chi connectivity index (χ0) is 22.5. The van der Waals surface area contributed by atoms with Crippen molar-refractivity contribution in [2.45, 2.75) is 34.5 Å². The number of halogens is 1. The number of benzene rings is 2. The normalized spacial score (nSPS) is 10.8. The molecule has 0 aliphatic heterocycles. The van der Waals surface area contributed by atoms with Crippen LogP contribution in [0.1, 0.15) is 26.5 Å². The van der Waals surface area contributed by atoms with Gasteiger partial charge in [0.25, 0.3) is 5.91 Å². The minimum Gasteiger partial charge on any atom is -0.296 e. The molecule has 1 amide bonds. The summed E-state index contributed by atoms with van der Waals surface area (Å²) in [6.07, 6.45) is 3.43. The van der Waals surface area contributed by atoms with Crippen LogP contribution in [0.4, 0.5) is 5.13 Å². The molecule has 0 aliphatic rings. The highest BCUT2D eigenvalue weighted by molar-refractivity contribution is 7.99. The number of nitrogens with one attached hydrogen (secondary N) is 1. The molecule has 2 heterocycles. The number of amides is 1. The first-order valence-electron chi connectivity index (χ1n) is 9.69. The molecule has 162 valence electrons. The smallest absolute Gasteiger partial charge is 0.277 e. The van der Waals surface area contributed by atoms with Gasteiger partial charge in [0.1, 0.15) is 5.69 Å². The van der Waals surface area contributed by atoms with Crippen LogP contribution < -0.4 is 5.32 Å². The Hall–Kier alpha value is -2.39. The van der Waals surface area contributed by atoms with E-state index in [1.165, 1.54) is 46.0 Å². The van der Waals surface area contributed by atoms with Crippen molar-refractivity contribution in [3.05, 3.63) is 87.6 Å². The fraction of sp³-hybridized carbons (Fsp3) is 0.130. The Labute approximate surface area is 204 Å². The van der Waals surface area contributed by atoms with Gasteiger partial charge in [0.15, 0.2) is 10.3 Å². The average molecular weight is 499 g/mol. The first-order chi connectivity index (χ1) is 15.5. The molecular formula is C23H19ClN4OS3. The summed E-state index contributed by atoms with van der Waals surface area (Å²) in [4.78, 5) is 29.0. The lowest BCUT2D eigenvalue weighted by atomic mass is 10.2. The number of rotatable bonds is 7. The number of hydrogen-bond donors (Lipinski definition) is 1. The lowest BCUT2D eigenvalue weighted by Crippen LogP contribution is -2.15. The average Bonchev–Trinajstić information content (AvgIpc) is 3.19. The van der Waals surface area contributed by atoms with E-state index in [-0.39, 0.29) is 5.91 Å². The fourth-order valence-electron chi connectivity index (χ4n) is 2.81. The molecule has 0 radical (unpaired) electrons. The highest BCUT2D eigenvalue weighted by Gasteiger charge is 2.18. The number of carbonyl (C=O) groups excluding carboxylic acids is 1. The molecule has 1 N–H and O–H groups in total. The van der Waals surface area contributed by atoms with Gasteiger partial charge in [0, 0.05) is 32.9 Å². The highest BCUT2D eigenvalue weighted by Crippen LogP contribution is 2.32. The summed E-state index contributed by atoms with van der Waals surface area (Å²) in [7, 11) is 0. The van der Waals surface area contributed by atoms with Gasteiger partial charge < -0.3 is 0 Å². The zero-order valence-corrected chi connectivity index (χ0v) is 20.5. The fourth-order valence-corrected chi connectivity index (χ4v) is 5.22. The Kier molecular flexibility index (Phi) is 7.47. The molecule has 0 saturated carbocycles. The molecule has 2 aromatic heterocycles. The summed E-state index contributed by atoms with van der Waals surface area (Å²) in [5.74, 6) is 0.411. The molecule has 0 fully saturated rings. The third-order valence-corrected chi connectivity index (χ3v) is 7.32. The van der Waals surface area contributed by atoms with Crippen molar-refractivity contribution in [3.63, 3.8) is 0 Å². The van der Waals surface area contributed by atoms with Crippen LogP contribution in [0.3, 0.4) is 0 Å². The van der Waals surface area contributed by atoms with Gasteiger partial charge in [0.05, 0.1) is 4.90 Å². The number of nitrogens with zero attached hydrogens (tertiary/aromatic N) is 3. The first kappa shape index (κ1) is 22.8. The Morgan fingerprint density at radius 1 is 1.09 bits per heavy atom. The van der Waals surface area contributed by atoms with Crippen LogP contribution in [0, 0.1) is 13.8 Å². The third-order valence-electron chi connectivity index (χ3n) is 4.28. The van der Waals surface area contributed by atoms with E-state index >= 15 is 0 Å². The SMILES string of the molecule is Cc1cccc(CSc2ncc(Sc3ccc(Cl)cc3)c(C(=O)Nc3ncc(C)s3)n2)c1. The van der Waals surface area contributed by atoms with Crippen molar-refractivity contribution < 1.29 is 4.79 Å². The van der Waals surface area contributed by atoms with E-state index in [9.17, 15) is 4.79 Å². The largest absolute Gasteiger partial charge is 0.296 e. The standard InChI is InChI=1S/C23H19ClN4OS3/c1-14-4-3-5-16(10-14)13-30-22-26-12-19(32-18-8-6-17(24)7-9-18)20(27-22)21(29)28-23-25-11-15(2)31-23/h3-12H,13H2,1-2H3,(H,25,28,29). The van der Waals surface area contributed by atoms with Crippen LogP contribution in [-0.2, 0) is 5.75 Å². The van der Waals surface area contributed by atoms with Gasteiger partial charge in [-0.25, -0.2) is 15.0 Å². The van der Waals surface area contributed by atoms with Crippen molar-refractivity contribution in [1.82, 2.24) is 15.0 Å². The van der Waals surface area contributed by atoms with E-state index in [4.69, 9.17) is 11.6 Å². The number of anilines is 1. The van der Waals surface area contributed by atoms with Gasteiger partial charge in [-0.3, -0.25) is 10.1 Å². The predicted octanol–water partition coefficient (Wildman–Crippen LogP) is 6.90. The monoisotopic (exact) mass is 498 g/mol. The summed E-state index contributed by atoms with van der Waals surface area (Å²) in [5.41, 5.74) is 2.71. The minimum atomic E-state index is -0.310. The van der Waals surface area contributed by atoms with Gasteiger partial charge in [-0.1, -0.05) is 65.0 Å². The van der Waals surface area contributed by atoms with E-state index in [2.05, 4.69) is 45.4 Å². The summed E-state index contributed by atoms with van der Waals surface area (Å²) in [6.45, 7) is 4.01. The van der Waals surface area contributed by atoms with E-state index in [0.717, 1.165) is 15.5 Å². The molecule has 5 nitrogen and oxygen atoms in total. The second-order valence-corrected chi connectivity index (χ2v) is 10.7. The molecule has 4 aromatic rings. The molecule has 0 bridgehead atoms. The summed E-state index contributed by atoms with van der Waals surface area (Å²) >= 11 is 10.3. The third kappa shape index (κ3) is 6.10. The van der Waals surface area contributed by atoms with Crippen molar-refractivity contribution in [2.75, 3.05) is 5.32 Å². The zero-order valence-electron chi connectivity index (χ0n) is 17.3. The van der Waals surface area contributed by atoms with E-state index in [0.29, 0.717) is 25.9 Å². The first-order valence-corrected chi connectivity index (χ1v) is 12.7. The quantitative estimate of drug-likeness (QED) is 0.221. The number of thiazole rings is 1. The second kappa shape index (κ2) is 10.5. The van der Waals surface area contributed by atoms with Gasteiger partial charge in [0.2, 0.25) is 0 Å². The topological polar surface area (TPSA) is 67.8 Å². The molecule has 9 heteroatoms. The number of aromatic nitrogens is 3. The Morgan fingerprint density at radius 3 is 2.62 bits per heavy atom. The molecule has 0 atom stereocenters. The Balaban J connectivity index is 1.59. The second-order valence-electron chi connectivity index (χ2n) is 6.93. The lowest BCUT2D eigenvalue weighted by molar-refractivity contribution is 0.101. The summed E-state index contributed by atoms with van der Waals surface area (Å²) in [6, 6.07) is 15.7. The minimum absolute atomic E-state index is 0.310. The van der Waals surface area contributed by atoms with Crippen molar-refractivity contribution in [2.24, 2.45) is 0 Å². The maximum atomic E-state index is 13.1. The molecular weight excluding hydrogens is 480 g/mol. The highest BCUT2D eigenvalue weighted by atomic mass is 35.5. The van der Waals surface area contributed by atoms with Crippen LogP contribution in [0.2, 0.25) is 5.02 Å². The van der Waals surface area contributed by atoms with E-state index in [1.54, 1.807) is 12.4 Å². The molecule has 0 aliphatic carbocycles. The number of aryl methyl sites for hydroxylation is 2. The van der Waals surface area contributed by atoms with Gasteiger partial charge in [-0.15, -0.1) is 11.3 Å². The molecule has 0 saturated heterocycles. The lowest BCUT2D eigenvalue weighted by Gasteiger charge is -2.10. The Bertz CT molecular complexity index is 1240. The van der Waals surface area contributed by atoms with E-state index < -0.39 is 0 Å². The summed E-state index contributed by atoms with van der Waals surface area (Å²) < 4.78 is 0. The van der Waals surface area contributed by atoms with Gasteiger partial charge in [-0.2, -0.15) is 0 Å². The molecule has 0 unspecified atom stereocenters. The molecule has 32 heavy (non-hydrogen) atoms. The van der Waals surface area contributed by atoms with Crippen LogP contribution in [0.25, 0.3) is 0 Å². The van der Waals surface area contributed by atoms with Crippen LogP contribution in [0.15, 0.2) is 75.9 Å². The van der Waals surface area contributed by atoms with Crippen LogP contribution in [-0.4, -0.2) is 20.9 Å². The van der Waals surface area contributed by atoms with E-state index in [1.807, 2.05) is 37.3 Å². The molecule has 0 spiro atoms. The number of hydrogen-bond acceptors (Lipinski definition) is 7. The van der Waals surface area contributed by atoms with Gasteiger partial charge >= 0.3 is 0 Å². The predicted molar refractivity (Wildman–Crippen MR) is 133 cm³/mol. The maximum absolute atomic E-state index is 13.1. The van der Waals surface area contributed by atoms with Gasteiger partial charge in [-0.05, 0) is 43.7 Å².